The summed E-state index contributed by atoms with van der Waals surface area (Å²) in [7, 11) is 0. The van der Waals surface area contributed by atoms with E-state index in [1.807, 2.05) is 25.1 Å². The molecule has 0 bridgehead atoms. The number of likely N-dealkylation sites (N-methyl/N-ethyl adjacent to an activating group) is 1. The average Bonchev–Trinajstić information content (AvgIpc) is 3.07. The van der Waals surface area contributed by atoms with Gasteiger partial charge >= 0.3 is 0 Å². The van der Waals surface area contributed by atoms with Crippen molar-refractivity contribution >= 4 is 51.7 Å². The molecule has 2 aliphatic rings. The van der Waals surface area contributed by atoms with Gasteiger partial charge in [0.2, 0.25) is 0 Å². The number of thioether (sulfide) groups is 1. The molecular formula is C23H20N4O2S2. The Morgan fingerprint density at radius 1 is 1.13 bits per heavy atom. The number of rotatable bonds is 3. The van der Waals surface area contributed by atoms with Crippen LogP contribution in [0.5, 0.6) is 0 Å². The van der Waals surface area contributed by atoms with Gasteiger partial charge in [-0.2, -0.15) is 0 Å². The molecule has 0 saturated carbocycles. The minimum absolute atomic E-state index is 0.162. The fraction of sp³-hybridized carbons (Fsp3) is 0.217. The first kappa shape index (κ1) is 20.0. The third-order valence-electron chi connectivity index (χ3n) is 5.64. The van der Waals surface area contributed by atoms with E-state index in [0.717, 1.165) is 13.0 Å². The highest BCUT2D eigenvalue weighted by atomic mass is 32.2. The summed E-state index contributed by atoms with van der Waals surface area (Å²) < 4.78 is 2.04. The van der Waals surface area contributed by atoms with E-state index in [0.29, 0.717) is 39.3 Å². The Balaban J connectivity index is 1.66. The van der Waals surface area contributed by atoms with Gasteiger partial charge in [0.05, 0.1) is 10.5 Å². The molecule has 1 fully saturated rings. The van der Waals surface area contributed by atoms with Crippen LogP contribution in [0.3, 0.4) is 0 Å². The summed E-state index contributed by atoms with van der Waals surface area (Å²) in [6, 6.07) is 13.8. The number of fused-ring (bicyclic) bond motifs is 2. The van der Waals surface area contributed by atoms with Gasteiger partial charge in [-0.25, -0.2) is 4.98 Å². The molecule has 0 spiro atoms. The highest BCUT2D eigenvalue weighted by Gasteiger charge is 2.32. The van der Waals surface area contributed by atoms with E-state index < -0.39 is 0 Å². The Labute approximate surface area is 189 Å². The van der Waals surface area contributed by atoms with Crippen LogP contribution < -0.4 is 10.5 Å². The van der Waals surface area contributed by atoms with Gasteiger partial charge in [0, 0.05) is 25.8 Å². The van der Waals surface area contributed by atoms with Crippen LogP contribution in [0.15, 0.2) is 58.4 Å². The standard InChI is InChI=1S/C23H20N4O2S2/c1-2-26-22(29)18(31-23(26)30)13-17-20(24-19-9-5-6-11-27(19)21(17)28)25-12-10-15-7-3-4-8-16(15)14-25/h3-9,11,13H,2,10,12,14H2,1H3. The van der Waals surface area contributed by atoms with Crippen LogP contribution in [0, 0.1) is 0 Å². The lowest BCUT2D eigenvalue weighted by Gasteiger charge is -2.30. The number of carbonyl (C=O) groups excluding carboxylic acids is 1. The van der Waals surface area contributed by atoms with Gasteiger partial charge in [0.25, 0.3) is 11.5 Å². The molecule has 31 heavy (non-hydrogen) atoms. The normalized spacial score (nSPS) is 17.6. The maximum absolute atomic E-state index is 13.4. The van der Waals surface area contributed by atoms with Gasteiger partial charge in [-0.15, -0.1) is 0 Å². The van der Waals surface area contributed by atoms with Gasteiger partial charge < -0.3 is 4.90 Å². The van der Waals surface area contributed by atoms with Crippen molar-refractivity contribution in [2.45, 2.75) is 19.9 Å². The highest BCUT2D eigenvalue weighted by Crippen LogP contribution is 2.34. The molecule has 2 aliphatic heterocycles. The molecule has 6 nitrogen and oxygen atoms in total. The molecule has 4 heterocycles. The summed E-state index contributed by atoms with van der Waals surface area (Å²) in [6.07, 6.45) is 4.25. The van der Waals surface area contributed by atoms with Gasteiger partial charge in [0.1, 0.15) is 15.8 Å². The number of amides is 1. The van der Waals surface area contributed by atoms with Crippen LogP contribution in [-0.2, 0) is 17.8 Å². The lowest BCUT2D eigenvalue weighted by molar-refractivity contribution is -0.121. The van der Waals surface area contributed by atoms with Gasteiger partial charge in [-0.05, 0) is 42.7 Å². The number of hydrogen-bond acceptors (Lipinski definition) is 6. The van der Waals surface area contributed by atoms with Crippen LogP contribution in [0.1, 0.15) is 23.6 Å². The molecule has 1 saturated heterocycles. The minimum Gasteiger partial charge on any atom is -0.351 e. The van der Waals surface area contributed by atoms with Crippen molar-refractivity contribution in [2.75, 3.05) is 18.0 Å². The molecular weight excluding hydrogens is 428 g/mol. The third-order valence-corrected chi connectivity index (χ3v) is 7.02. The van der Waals surface area contributed by atoms with Crippen molar-refractivity contribution in [2.24, 2.45) is 0 Å². The molecule has 8 heteroatoms. The van der Waals surface area contributed by atoms with Gasteiger partial charge in [-0.1, -0.05) is 54.3 Å². The van der Waals surface area contributed by atoms with Crippen molar-refractivity contribution < 1.29 is 4.79 Å². The fourth-order valence-corrected chi connectivity index (χ4v) is 5.40. The SMILES string of the molecule is CCN1C(=O)C(=Cc2c(N3CCc4ccccc4C3)nc3ccccn3c2=O)SC1=S. The van der Waals surface area contributed by atoms with E-state index in [1.54, 1.807) is 23.2 Å². The van der Waals surface area contributed by atoms with Crippen LogP contribution in [-0.4, -0.2) is 37.6 Å². The van der Waals surface area contributed by atoms with Crippen molar-refractivity contribution in [1.29, 1.82) is 0 Å². The molecule has 1 aromatic carbocycles. The third kappa shape index (κ3) is 3.45. The molecule has 5 rings (SSSR count). The van der Waals surface area contributed by atoms with Crippen molar-refractivity contribution in [3.63, 3.8) is 0 Å². The second-order valence-electron chi connectivity index (χ2n) is 7.45. The maximum Gasteiger partial charge on any atom is 0.267 e. The Morgan fingerprint density at radius 2 is 1.90 bits per heavy atom. The topological polar surface area (TPSA) is 57.9 Å². The van der Waals surface area contributed by atoms with E-state index >= 15 is 0 Å². The Kier molecular flexibility index (Phi) is 5.11. The predicted octanol–water partition coefficient (Wildman–Crippen LogP) is 3.48. The first-order valence-electron chi connectivity index (χ1n) is 10.2. The summed E-state index contributed by atoms with van der Waals surface area (Å²) in [4.78, 5) is 35.2. The van der Waals surface area contributed by atoms with Crippen LogP contribution >= 0.6 is 24.0 Å². The minimum atomic E-state index is -0.193. The lowest BCUT2D eigenvalue weighted by atomic mass is 9.99. The van der Waals surface area contributed by atoms with Crippen LogP contribution in [0.2, 0.25) is 0 Å². The van der Waals surface area contributed by atoms with Crippen molar-refractivity contribution in [3.8, 4) is 0 Å². The number of aromatic nitrogens is 2. The molecule has 3 aromatic rings. The van der Waals surface area contributed by atoms with E-state index in [2.05, 4.69) is 23.1 Å². The summed E-state index contributed by atoms with van der Waals surface area (Å²) in [6.45, 7) is 3.81. The molecule has 156 valence electrons. The smallest absolute Gasteiger partial charge is 0.267 e. The largest absolute Gasteiger partial charge is 0.351 e. The summed E-state index contributed by atoms with van der Waals surface area (Å²) in [5.41, 5.74) is 3.36. The van der Waals surface area contributed by atoms with Crippen molar-refractivity contribution in [1.82, 2.24) is 14.3 Å². The number of anilines is 1. The Morgan fingerprint density at radius 3 is 2.68 bits per heavy atom. The molecule has 0 radical (unpaired) electrons. The monoisotopic (exact) mass is 448 g/mol. The molecule has 0 N–H and O–H groups in total. The molecule has 0 atom stereocenters. The first-order valence-corrected chi connectivity index (χ1v) is 11.4. The molecule has 1 amide bonds. The van der Waals surface area contributed by atoms with E-state index in [1.165, 1.54) is 27.3 Å². The zero-order valence-corrected chi connectivity index (χ0v) is 18.6. The second kappa shape index (κ2) is 7.94. The number of thiocarbonyl (C=S) groups is 1. The first-order chi connectivity index (χ1) is 15.1. The molecule has 0 unspecified atom stereocenters. The van der Waals surface area contributed by atoms with E-state index in [9.17, 15) is 9.59 Å². The summed E-state index contributed by atoms with van der Waals surface area (Å²) >= 11 is 6.57. The van der Waals surface area contributed by atoms with E-state index in [4.69, 9.17) is 17.2 Å². The number of hydrogen-bond donors (Lipinski definition) is 0. The second-order valence-corrected chi connectivity index (χ2v) is 9.13. The van der Waals surface area contributed by atoms with Crippen LogP contribution in [0.25, 0.3) is 11.7 Å². The predicted molar refractivity (Wildman–Crippen MR) is 128 cm³/mol. The number of carbonyl (C=O) groups is 1. The molecule has 2 aromatic heterocycles. The van der Waals surface area contributed by atoms with Gasteiger partial charge in [-0.3, -0.25) is 18.9 Å². The lowest BCUT2D eigenvalue weighted by Crippen LogP contribution is -2.34. The van der Waals surface area contributed by atoms with Crippen molar-refractivity contribution in [3.05, 3.63) is 80.6 Å². The number of pyridine rings is 1. The highest BCUT2D eigenvalue weighted by molar-refractivity contribution is 8.26. The fourth-order valence-electron chi connectivity index (χ4n) is 4.04. The maximum atomic E-state index is 13.4. The van der Waals surface area contributed by atoms with E-state index in [-0.39, 0.29) is 11.5 Å². The number of nitrogens with zero attached hydrogens (tertiary/aromatic N) is 4. The Hall–Kier alpha value is -2.97. The van der Waals surface area contributed by atoms with Gasteiger partial charge in [0.15, 0.2) is 0 Å². The Bertz CT molecular complexity index is 1310. The summed E-state index contributed by atoms with van der Waals surface area (Å²) in [5, 5.41) is 0. The zero-order chi connectivity index (χ0) is 21.5. The average molecular weight is 449 g/mol. The van der Waals surface area contributed by atoms with Crippen LogP contribution in [0.4, 0.5) is 5.82 Å². The quantitative estimate of drug-likeness (QED) is 0.452. The summed E-state index contributed by atoms with van der Waals surface area (Å²) in [5.74, 6) is 0.442. The zero-order valence-electron chi connectivity index (χ0n) is 16.9. The molecule has 0 aliphatic carbocycles. The number of benzene rings is 1.